The van der Waals surface area contributed by atoms with Gasteiger partial charge in [0.05, 0.1) is 6.54 Å². The highest BCUT2D eigenvalue weighted by Crippen LogP contribution is 2.33. The summed E-state index contributed by atoms with van der Waals surface area (Å²) in [5, 5.41) is 0. The summed E-state index contributed by atoms with van der Waals surface area (Å²) < 4.78 is 16.7. The van der Waals surface area contributed by atoms with Crippen molar-refractivity contribution in [1.29, 1.82) is 0 Å². The Kier molecular flexibility index (Phi) is 7.28. The molecule has 1 aromatic heterocycles. The number of benzene rings is 2. The summed E-state index contributed by atoms with van der Waals surface area (Å²) in [6.45, 7) is 8.51. The zero-order valence-corrected chi connectivity index (χ0v) is 21.5. The summed E-state index contributed by atoms with van der Waals surface area (Å²) in [5.74, 6) is 3.23. The fourth-order valence-corrected chi connectivity index (χ4v) is 5.16. The van der Waals surface area contributed by atoms with Gasteiger partial charge in [0.25, 0.3) is 0 Å². The highest BCUT2D eigenvalue weighted by Gasteiger charge is 2.25. The van der Waals surface area contributed by atoms with Crippen LogP contribution in [0.5, 0.6) is 23.1 Å². The molecule has 3 aliphatic rings. The number of pyridine rings is 1. The molecule has 2 fully saturated rings. The second kappa shape index (κ2) is 11.3. The van der Waals surface area contributed by atoms with Crippen molar-refractivity contribution < 1.29 is 19.0 Å². The van der Waals surface area contributed by atoms with E-state index >= 15 is 0 Å². The van der Waals surface area contributed by atoms with Gasteiger partial charge in [0, 0.05) is 76.9 Å². The first-order valence-electron chi connectivity index (χ1n) is 13.2. The van der Waals surface area contributed by atoms with Gasteiger partial charge in [0.15, 0.2) is 11.5 Å². The van der Waals surface area contributed by atoms with E-state index in [9.17, 15) is 4.79 Å². The molecule has 0 spiro atoms. The Bertz CT molecular complexity index is 1220. The number of carbonyl (C=O) groups is 1. The smallest absolute Gasteiger partial charge is 0.236 e. The average Bonchev–Trinajstić information content (AvgIpc) is 3.43. The van der Waals surface area contributed by atoms with Crippen molar-refractivity contribution in [3.63, 3.8) is 0 Å². The van der Waals surface area contributed by atoms with E-state index in [0.717, 1.165) is 76.2 Å². The Morgan fingerprint density at radius 2 is 1.58 bits per heavy atom. The van der Waals surface area contributed by atoms with Crippen LogP contribution in [-0.4, -0.2) is 91.3 Å². The maximum Gasteiger partial charge on any atom is 0.236 e. The van der Waals surface area contributed by atoms with Crippen molar-refractivity contribution in [2.45, 2.75) is 6.54 Å². The van der Waals surface area contributed by atoms with E-state index in [1.54, 1.807) is 6.20 Å². The molecule has 6 rings (SSSR count). The standard InChI is InChI=1S/C29H33N5O4/c35-29(34-17-13-31(14-18-34)20-23-4-9-26-27(19-23)37-22-36-26)21-32-11-15-33(16-12-32)24-5-7-25(8-6-24)38-28-3-1-2-10-30-28/h1-10,19H,11-18,20-22H2. The van der Waals surface area contributed by atoms with Crippen LogP contribution in [0.25, 0.3) is 0 Å². The maximum atomic E-state index is 13.0. The zero-order valence-electron chi connectivity index (χ0n) is 21.5. The van der Waals surface area contributed by atoms with Crippen LogP contribution < -0.4 is 19.1 Å². The van der Waals surface area contributed by atoms with E-state index in [0.29, 0.717) is 19.2 Å². The van der Waals surface area contributed by atoms with E-state index in [4.69, 9.17) is 14.2 Å². The third-order valence-electron chi connectivity index (χ3n) is 7.36. The Labute approximate surface area is 223 Å². The van der Waals surface area contributed by atoms with Crippen LogP contribution in [-0.2, 0) is 11.3 Å². The number of amides is 1. The highest BCUT2D eigenvalue weighted by atomic mass is 16.7. The summed E-state index contributed by atoms with van der Waals surface area (Å²) in [7, 11) is 0. The third kappa shape index (κ3) is 5.84. The fourth-order valence-electron chi connectivity index (χ4n) is 5.16. The van der Waals surface area contributed by atoms with E-state index in [-0.39, 0.29) is 5.91 Å². The van der Waals surface area contributed by atoms with Crippen LogP contribution >= 0.6 is 0 Å². The van der Waals surface area contributed by atoms with Crippen molar-refractivity contribution in [2.75, 3.05) is 70.6 Å². The van der Waals surface area contributed by atoms with Gasteiger partial charge in [-0.25, -0.2) is 4.98 Å². The molecule has 0 unspecified atom stereocenters. The number of carbonyl (C=O) groups excluding carboxylic acids is 1. The number of piperazine rings is 2. The molecule has 1 amide bonds. The van der Waals surface area contributed by atoms with Gasteiger partial charge in [-0.2, -0.15) is 0 Å². The Hall–Kier alpha value is -3.82. The van der Waals surface area contributed by atoms with Gasteiger partial charge < -0.3 is 24.0 Å². The second-order valence-corrected chi connectivity index (χ2v) is 9.87. The normalized spacial score (nSPS) is 18.0. The summed E-state index contributed by atoms with van der Waals surface area (Å²) in [4.78, 5) is 26.3. The number of aromatic nitrogens is 1. The molecule has 0 atom stereocenters. The van der Waals surface area contributed by atoms with Gasteiger partial charge in [0.2, 0.25) is 18.6 Å². The lowest BCUT2D eigenvalue weighted by molar-refractivity contribution is -0.134. The van der Waals surface area contributed by atoms with E-state index in [1.807, 2.05) is 41.3 Å². The Morgan fingerprint density at radius 3 is 2.34 bits per heavy atom. The van der Waals surface area contributed by atoms with Crippen molar-refractivity contribution in [2.24, 2.45) is 0 Å². The monoisotopic (exact) mass is 515 g/mol. The molecule has 0 saturated carbocycles. The molecule has 0 N–H and O–H groups in total. The highest BCUT2D eigenvalue weighted by molar-refractivity contribution is 5.78. The molecule has 198 valence electrons. The lowest BCUT2D eigenvalue weighted by atomic mass is 10.1. The number of fused-ring (bicyclic) bond motifs is 1. The minimum Gasteiger partial charge on any atom is -0.454 e. The first-order chi connectivity index (χ1) is 18.7. The van der Waals surface area contributed by atoms with Gasteiger partial charge in [-0.15, -0.1) is 0 Å². The first-order valence-corrected chi connectivity index (χ1v) is 13.2. The number of nitrogens with zero attached hydrogens (tertiary/aromatic N) is 5. The van der Waals surface area contributed by atoms with Crippen molar-refractivity contribution in [3.8, 4) is 23.1 Å². The van der Waals surface area contributed by atoms with Crippen LogP contribution in [0.15, 0.2) is 66.9 Å². The van der Waals surface area contributed by atoms with Crippen LogP contribution in [0.1, 0.15) is 5.56 Å². The minimum absolute atomic E-state index is 0.234. The molecule has 3 aliphatic heterocycles. The first kappa shape index (κ1) is 24.5. The molecule has 2 saturated heterocycles. The summed E-state index contributed by atoms with van der Waals surface area (Å²) in [5.41, 5.74) is 2.38. The van der Waals surface area contributed by atoms with Crippen molar-refractivity contribution in [1.82, 2.24) is 19.7 Å². The SMILES string of the molecule is O=C(CN1CCN(c2ccc(Oc3ccccn3)cc2)CC1)N1CCN(Cc2ccc3c(c2)OCO3)CC1. The van der Waals surface area contributed by atoms with Crippen LogP contribution in [0.2, 0.25) is 0 Å². The summed E-state index contributed by atoms with van der Waals surface area (Å²) >= 11 is 0. The van der Waals surface area contributed by atoms with Gasteiger partial charge in [-0.05, 0) is 48.0 Å². The number of ether oxygens (including phenoxy) is 3. The van der Waals surface area contributed by atoms with Crippen LogP contribution in [0, 0.1) is 0 Å². The number of anilines is 1. The second-order valence-electron chi connectivity index (χ2n) is 9.87. The molecule has 0 bridgehead atoms. The summed E-state index contributed by atoms with van der Waals surface area (Å²) in [6.07, 6.45) is 1.72. The quantitative estimate of drug-likeness (QED) is 0.476. The molecule has 38 heavy (non-hydrogen) atoms. The van der Waals surface area contributed by atoms with Gasteiger partial charge in [-0.3, -0.25) is 14.6 Å². The molecule has 0 aliphatic carbocycles. The van der Waals surface area contributed by atoms with Crippen molar-refractivity contribution >= 4 is 11.6 Å². The minimum atomic E-state index is 0.234. The van der Waals surface area contributed by atoms with Gasteiger partial charge in [0.1, 0.15) is 5.75 Å². The van der Waals surface area contributed by atoms with Gasteiger partial charge in [-0.1, -0.05) is 12.1 Å². The molecular formula is C29H33N5O4. The van der Waals surface area contributed by atoms with E-state index in [1.165, 1.54) is 11.3 Å². The topological polar surface area (TPSA) is 70.6 Å². The lowest BCUT2D eigenvalue weighted by Crippen LogP contribution is -2.53. The fraction of sp³-hybridized carbons (Fsp3) is 0.379. The number of hydrogen-bond donors (Lipinski definition) is 0. The van der Waals surface area contributed by atoms with Crippen LogP contribution in [0.4, 0.5) is 5.69 Å². The predicted molar refractivity (Wildman–Crippen MR) is 144 cm³/mol. The molecule has 9 nitrogen and oxygen atoms in total. The molecule has 9 heteroatoms. The molecular weight excluding hydrogens is 482 g/mol. The lowest BCUT2D eigenvalue weighted by Gasteiger charge is -2.38. The largest absolute Gasteiger partial charge is 0.454 e. The molecule has 3 aromatic rings. The molecule has 2 aromatic carbocycles. The van der Waals surface area contributed by atoms with Gasteiger partial charge >= 0.3 is 0 Å². The molecule has 0 radical (unpaired) electrons. The average molecular weight is 516 g/mol. The molecule has 4 heterocycles. The number of hydrogen-bond acceptors (Lipinski definition) is 8. The maximum absolute atomic E-state index is 13.0. The summed E-state index contributed by atoms with van der Waals surface area (Å²) in [6, 6.07) is 19.9. The van der Waals surface area contributed by atoms with E-state index in [2.05, 4.69) is 43.9 Å². The zero-order chi connectivity index (χ0) is 25.7. The Balaban J connectivity index is 0.924. The van der Waals surface area contributed by atoms with Crippen LogP contribution in [0.3, 0.4) is 0 Å². The Morgan fingerprint density at radius 1 is 0.816 bits per heavy atom. The van der Waals surface area contributed by atoms with E-state index < -0.39 is 0 Å². The predicted octanol–water partition coefficient (Wildman–Crippen LogP) is 3.07. The van der Waals surface area contributed by atoms with Crippen molar-refractivity contribution in [3.05, 3.63) is 72.4 Å². The number of rotatable bonds is 7. The third-order valence-corrected chi connectivity index (χ3v) is 7.36.